The van der Waals surface area contributed by atoms with Crippen molar-refractivity contribution in [2.24, 2.45) is 0 Å². The molecule has 0 atom stereocenters. The summed E-state index contributed by atoms with van der Waals surface area (Å²) < 4.78 is 0. The Balaban J connectivity index is 2.38. The van der Waals surface area contributed by atoms with Crippen LogP contribution in [-0.2, 0) is 0 Å². The predicted molar refractivity (Wildman–Crippen MR) is 70.9 cm³/mol. The first kappa shape index (κ1) is 12.1. The average molecular weight is 242 g/mol. The highest BCUT2D eigenvalue weighted by Crippen LogP contribution is 2.14. The van der Waals surface area contributed by atoms with Crippen LogP contribution in [0.2, 0.25) is 0 Å². The van der Waals surface area contributed by atoms with Gasteiger partial charge in [-0.25, -0.2) is 0 Å². The fourth-order valence-corrected chi connectivity index (χ4v) is 1.78. The summed E-state index contributed by atoms with van der Waals surface area (Å²) in [5.74, 6) is -0.287. The number of rotatable bonds is 3. The second-order valence-corrected chi connectivity index (χ2v) is 3.81. The molecule has 4 nitrogen and oxygen atoms in total. The van der Waals surface area contributed by atoms with Crippen LogP contribution < -0.4 is 10.3 Å². The Morgan fingerprint density at radius 1 is 1.22 bits per heavy atom. The van der Waals surface area contributed by atoms with Crippen LogP contribution in [0, 0.1) is 0 Å². The van der Waals surface area contributed by atoms with Crippen LogP contribution in [0.1, 0.15) is 17.3 Å². The van der Waals surface area contributed by atoms with Crippen LogP contribution in [0.3, 0.4) is 0 Å². The van der Waals surface area contributed by atoms with Crippen LogP contribution in [-0.4, -0.2) is 17.4 Å². The number of hydrogen-bond acceptors (Lipinski definition) is 2. The summed E-state index contributed by atoms with van der Waals surface area (Å²) in [4.78, 5) is 28.3. The minimum absolute atomic E-state index is 0.156. The highest BCUT2D eigenvalue weighted by Gasteiger charge is 2.18. The maximum Gasteiger partial charge on any atom is 0.263 e. The largest absolute Gasteiger partial charge is 0.367 e. The molecule has 1 N–H and O–H groups in total. The SMILES string of the molecule is CCN(C(=O)c1c[nH]ccc1=O)c1ccccc1. The maximum absolute atomic E-state index is 12.3. The number of hydrogen-bond donors (Lipinski definition) is 1. The molecule has 0 aliphatic heterocycles. The molecule has 0 aliphatic carbocycles. The molecule has 0 spiro atoms. The van der Waals surface area contributed by atoms with Crippen LogP contribution in [0.15, 0.2) is 53.6 Å². The summed E-state index contributed by atoms with van der Waals surface area (Å²) in [7, 11) is 0. The van der Waals surface area contributed by atoms with Crippen molar-refractivity contribution in [3.8, 4) is 0 Å². The minimum Gasteiger partial charge on any atom is -0.367 e. The van der Waals surface area contributed by atoms with Crippen LogP contribution in [0.4, 0.5) is 5.69 Å². The molecule has 2 aromatic rings. The lowest BCUT2D eigenvalue weighted by Gasteiger charge is -2.20. The van der Waals surface area contributed by atoms with Crippen molar-refractivity contribution >= 4 is 11.6 Å². The number of H-pyrrole nitrogens is 1. The third kappa shape index (κ3) is 2.32. The number of carbonyl (C=O) groups excluding carboxylic acids is 1. The van der Waals surface area contributed by atoms with Gasteiger partial charge in [0.2, 0.25) is 0 Å². The predicted octanol–water partition coefficient (Wildman–Crippen LogP) is 2.04. The first-order valence-corrected chi connectivity index (χ1v) is 5.78. The highest BCUT2D eigenvalue weighted by atomic mass is 16.2. The Bertz CT molecular complexity index is 590. The zero-order valence-electron chi connectivity index (χ0n) is 10.1. The lowest BCUT2D eigenvalue weighted by atomic mass is 10.2. The average Bonchev–Trinajstić information content (AvgIpc) is 2.41. The van der Waals surface area contributed by atoms with Crippen molar-refractivity contribution in [2.75, 3.05) is 11.4 Å². The first-order chi connectivity index (χ1) is 8.74. The van der Waals surface area contributed by atoms with Gasteiger partial charge in [-0.05, 0) is 19.1 Å². The Morgan fingerprint density at radius 2 is 1.94 bits per heavy atom. The van der Waals surface area contributed by atoms with Gasteiger partial charge < -0.3 is 9.88 Å². The van der Waals surface area contributed by atoms with E-state index in [1.54, 1.807) is 4.90 Å². The molecule has 0 aliphatic rings. The van der Waals surface area contributed by atoms with Gasteiger partial charge in [-0.15, -0.1) is 0 Å². The summed E-state index contributed by atoms with van der Waals surface area (Å²) in [6, 6.07) is 10.7. The second-order valence-electron chi connectivity index (χ2n) is 3.81. The van der Waals surface area contributed by atoms with E-state index in [1.165, 1.54) is 18.5 Å². The smallest absolute Gasteiger partial charge is 0.263 e. The molecule has 0 unspecified atom stereocenters. The second kappa shape index (κ2) is 5.31. The molecule has 2 rings (SSSR count). The van der Waals surface area contributed by atoms with E-state index in [9.17, 15) is 9.59 Å². The number of nitrogens with one attached hydrogen (secondary N) is 1. The molecule has 0 radical (unpaired) electrons. The van der Waals surface area contributed by atoms with E-state index >= 15 is 0 Å². The van der Waals surface area contributed by atoms with Crippen molar-refractivity contribution in [3.63, 3.8) is 0 Å². The summed E-state index contributed by atoms with van der Waals surface area (Å²) in [6.45, 7) is 2.39. The fraction of sp³-hybridized carbons (Fsp3) is 0.143. The van der Waals surface area contributed by atoms with Crippen LogP contribution in [0.5, 0.6) is 0 Å². The molecule has 0 saturated carbocycles. The third-order valence-corrected chi connectivity index (χ3v) is 2.68. The van der Waals surface area contributed by atoms with E-state index in [0.717, 1.165) is 5.69 Å². The molecule has 0 fully saturated rings. The van der Waals surface area contributed by atoms with E-state index in [1.807, 2.05) is 37.3 Å². The lowest BCUT2D eigenvalue weighted by Crippen LogP contribution is -2.33. The van der Waals surface area contributed by atoms with E-state index in [0.29, 0.717) is 6.54 Å². The van der Waals surface area contributed by atoms with Crippen molar-refractivity contribution in [2.45, 2.75) is 6.92 Å². The third-order valence-electron chi connectivity index (χ3n) is 2.68. The van der Waals surface area contributed by atoms with Gasteiger partial charge in [0, 0.05) is 30.7 Å². The number of benzene rings is 1. The molecule has 4 heteroatoms. The van der Waals surface area contributed by atoms with E-state index in [2.05, 4.69) is 4.98 Å². The normalized spacial score (nSPS) is 10.1. The first-order valence-electron chi connectivity index (χ1n) is 5.78. The topological polar surface area (TPSA) is 53.2 Å². The van der Waals surface area contributed by atoms with E-state index in [-0.39, 0.29) is 16.9 Å². The molecular formula is C14H14N2O2. The molecule has 1 heterocycles. The number of pyridine rings is 1. The number of nitrogens with zero attached hydrogens (tertiary/aromatic N) is 1. The van der Waals surface area contributed by atoms with Gasteiger partial charge in [-0.1, -0.05) is 18.2 Å². The van der Waals surface area contributed by atoms with Gasteiger partial charge in [0.15, 0.2) is 5.43 Å². The summed E-state index contributed by atoms with van der Waals surface area (Å²) in [5, 5.41) is 0. The van der Waals surface area contributed by atoms with Crippen LogP contribution >= 0.6 is 0 Å². The number of carbonyl (C=O) groups is 1. The van der Waals surface area contributed by atoms with Gasteiger partial charge >= 0.3 is 0 Å². The monoisotopic (exact) mass is 242 g/mol. The van der Waals surface area contributed by atoms with Crippen molar-refractivity contribution in [1.82, 2.24) is 4.98 Å². The minimum atomic E-state index is -0.287. The van der Waals surface area contributed by atoms with Gasteiger partial charge in [-0.2, -0.15) is 0 Å². The summed E-state index contributed by atoms with van der Waals surface area (Å²) in [6.07, 6.45) is 2.95. The number of amides is 1. The van der Waals surface area contributed by atoms with Crippen molar-refractivity contribution in [3.05, 3.63) is 64.6 Å². The quantitative estimate of drug-likeness (QED) is 0.895. The van der Waals surface area contributed by atoms with Crippen molar-refractivity contribution in [1.29, 1.82) is 0 Å². The molecule has 1 aromatic carbocycles. The zero-order valence-corrected chi connectivity index (χ0v) is 10.1. The molecule has 1 aromatic heterocycles. The van der Waals surface area contributed by atoms with Crippen molar-refractivity contribution < 1.29 is 4.79 Å². The standard InChI is InChI=1S/C14H14N2O2/c1-2-16(11-6-4-3-5-7-11)14(18)12-10-15-9-8-13(12)17/h3-10H,2H2,1H3,(H,15,17). The number of para-hydroxylation sites is 1. The summed E-state index contributed by atoms with van der Waals surface area (Å²) in [5.41, 5.74) is 0.671. The van der Waals surface area contributed by atoms with Gasteiger partial charge in [0.25, 0.3) is 5.91 Å². The fourth-order valence-electron chi connectivity index (χ4n) is 1.78. The van der Waals surface area contributed by atoms with Gasteiger partial charge in [0.1, 0.15) is 5.56 Å². The van der Waals surface area contributed by atoms with Crippen LogP contribution in [0.25, 0.3) is 0 Å². The zero-order chi connectivity index (χ0) is 13.0. The number of aromatic nitrogens is 1. The van der Waals surface area contributed by atoms with E-state index in [4.69, 9.17) is 0 Å². The molecule has 92 valence electrons. The van der Waals surface area contributed by atoms with Gasteiger partial charge in [-0.3, -0.25) is 9.59 Å². The molecule has 0 saturated heterocycles. The van der Waals surface area contributed by atoms with Gasteiger partial charge in [0.05, 0.1) is 0 Å². The Labute approximate surface area is 105 Å². The molecule has 1 amide bonds. The molecule has 0 bridgehead atoms. The highest BCUT2D eigenvalue weighted by molar-refractivity contribution is 6.05. The number of aromatic amines is 1. The Morgan fingerprint density at radius 3 is 2.56 bits per heavy atom. The Hall–Kier alpha value is -2.36. The molecular weight excluding hydrogens is 228 g/mol. The summed E-state index contributed by atoms with van der Waals surface area (Å²) >= 11 is 0. The van der Waals surface area contributed by atoms with E-state index < -0.39 is 0 Å². The maximum atomic E-state index is 12.3. The lowest BCUT2D eigenvalue weighted by molar-refractivity contribution is 0.0987. The Kier molecular flexibility index (Phi) is 3.57. The number of anilines is 1. The molecule has 18 heavy (non-hydrogen) atoms.